The van der Waals surface area contributed by atoms with Crippen LogP contribution in [0.1, 0.15) is 11.1 Å². The van der Waals surface area contributed by atoms with Crippen molar-refractivity contribution in [1.29, 1.82) is 0 Å². The zero-order valence-corrected chi connectivity index (χ0v) is 11.2. The molecule has 0 unspecified atom stereocenters. The fourth-order valence-corrected chi connectivity index (χ4v) is 1.91. The molecule has 0 fully saturated rings. The fourth-order valence-electron chi connectivity index (χ4n) is 1.72. The third-order valence-corrected chi connectivity index (χ3v) is 3.00. The number of thiol groups is 1. The summed E-state index contributed by atoms with van der Waals surface area (Å²) in [7, 11) is 1.64. The van der Waals surface area contributed by atoms with E-state index in [1.165, 1.54) is 5.56 Å². The molecule has 0 amide bonds. The predicted octanol–water partition coefficient (Wildman–Crippen LogP) is 3.70. The monoisotopic (exact) mass is 260 g/mol. The fraction of sp³-hybridized carbons (Fsp3) is 0.200. The quantitative estimate of drug-likeness (QED) is 0.826. The molecule has 3 heteroatoms. The maximum Gasteiger partial charge on any atom is 0.161 e. The van der Waals surface area contributed by atoms with Crippen LogP contribution in [0.5, 0.6) is 11.5 Å². The van der Waals surface area contributed by atoms with E-state index in [-0.39, 0.29) is 0 Å². The number of hydrogen-bond acceptors (Lipinski definition) is 3. The summed E-state index contributed by atoms with van der Waals surface area (Å²) in [6.45, 7) is 0.530. The van der Waals surface area contributed by atoms with Crippen LogP contribution < -0.4 is 9.47 Å². The van der Waals surface area contributed by atoms with Gasteiger partial charge in [0.05, 0.1) is 7.11 Å². The largest absolute Gasteiger partial charge is 0.493 e. The first-order valence-electron chi connectivity index (χ1n) is 5.78. The van der Waals surface area contributed by atoms with E-state index in [1.54, 1.807) is 7.11 Å². The third kappa shape index (κ3) is 3.20. The van der Waals surface area contributed by atoms with E-state index >= 15 is 0 Å². The van der Waals surface area contributed by atoms with Crippen molar-refractivity contribution in [2.75, 3.05) is 7.11 Å². The number of methoxy groups -OCH3 is 1. The molecule has 0 saturated heterocycles. The van der Waals surface area contributed by atoms with Gasteiger partial charge in [0, 0.05) is 5.75 Å². The Labute approximate surface area is 113 Å². The highest BCUT2D eigenvalue weighted by molar-refractivity contribution is 7.79. The molecule has 0 aliphatic heterocycles. The smallest absolute Gasteiger partial charge is 0.161 e. The van der Waals surface area contributed by atoms with E-state index in [0.29, 0.717) is 6.61 Å². The van der Waals surface area contributed by atoms with Crippen LogP contribution in [0.3, 0.4) is 0 Å². The van der Waals surface area contributed by atoms with Crippen molar-refractivity contribution in [1.82, 2.24) is 0 Å². The van der Waals surface area contributed by atoms with Crippen LogP contribution >= 0.6 is 12.6 Å². The molecule has 0 spiro atoms. The van der Waals surface area contributed by atoms with Gasteiger partial charge in [0.2, 0.25) is 0 Å². The van der Waals surface area contributed by atoms with Crippen molar-refractivity contribution in [3.05, 3.63) is 59.7 Å². The molecule has 0 radical (unpaired) electrons. The standard InChI is InChI=1S/C15H16O2S/c1-16-14-7-2-3-8-15(14)17-10-12-5-4-6-13(9-12)11-18/h2-9,18H,10-11H2,1H3. The summed E-state index contributed by atoms with van der Waals surface area (Å²) in [5.74, 6) is 2.25. The van der Waals surface area contributed by atoms with Crippen molar-refractivity contribution >= 4 is 12.6 Å². The van der Waals surface area contributed by atoms with E-state index in [2.05, 4.69) is 24.8 Å². The minimum Gasteiger partial charge on any atom is -0.493 e. The predicted molar refractivity (Wildman–Crippen MR) is 76.5 cm³/mol. The van der Waals surface area contributed by atoms with Crippen molar-refractivity contribution in [2.45, 2.75) is 12.4 Å². The molecule has 2 rings (SSSR count). The molecule has 0 aliphatic carbocycles. The normalized spacial score (nSPS) is 10.1. The zero-order chi connectivity index (χ0) is 12.8. The minimum absolute atomic E-state index is 0.530. The Bertz CT molecular complexity index is 511. The van der Waals surface area contributed by atoms with Gasteiger partial charge >= 0.3 is 0 Å². The Balaban J connectivity index is 2.06. The molecule has 0 saturated carbocycles. The second-order valence-electron chi connectivity index (χ2n) is 3.92. The van der Waals surface area contributed by atoms with Crippen molar-refractivity contribution in [3.8, 4) is 11.5 Å². The van der Waals surface area contributed by atoms with Crippen LogP contribution in [0, 0.1) is 0 Å². The van der Waals surface area contributed by atoms with Crippen molar-refractivity contribution < 1.29 is 9.47 Å². The number of ether oxygens (including phenoxy) is 2. The summed E-state index contributed by atoms with van der Waals surface area (Å²) in [6, 6.07) is 15.9. The first kappa shape index (κ1) is 12.8. The summed E-state index contributed by atoms with van der Waals surface area (Å²) in [4.78, 5) is 0. The molecule has 2 aromatic carbocycles. The van der Waals surface area contributed by atoms with Gasteiger partial charge in [-0.15, -0.1) is 0 Å². The van der Waals surface area contributed by atoms with Crippen LogP contribution in [0.15, 0.2) is 48.5 Å². The van der Waals surface area contributed by atoms with Gasteiger partial charge < -0.3 is 9.47 Å². The van der Waals surface area contributed by atoms with Crippen LogP contribution in [0.2, 0.25) is 0 Å². The van der Waals surface area contributed by atoms with Crippen LogP contribution in [-0.2, 0) is 12.4 Å². The van der Waals surface area contributed by atoms with E-state index in [4.69, 9.17) is 9.47 Å². The van der Waals surface area contributed by atoms with Crippen LogP contribution in [-0.4, -0.2) is 7.11 Å². The first-order valence-corrected chi connectivity index (χ1v) is 6.41. The first-order chi connectivity index (χ1) is 8.83. The third-order valence-electron chi connectivity index (χ3n) is 2.64. The molecule has 2 aromatic rings. The SMILES string of the molecule is COc1ccccc1OCc1cccc(CS)c1. The number of benzene rings is 2. The lowest BCUT2D eigenvalue weighted by Gasteiger charge is -2.10. The van der Waals surface area contributed by atoms with Gasteiger partial charge in [-0.2, -0.15) is 12.6 Å². The Morgan fingerprint density at radius 1 is 0.944 bits per heavy atom. The van der Waals surface area contributed by atoms with Gasteiger partial charge in [0.1, 0.15) is 6.61 Å². The average molecular weight is 260 g/mol. The average Bonchev–Trinajstić information content (AvgIpc) is 2.45. The highest BCUT2D eigenvalue weighted by Crippen LogP contribution is 2.26. The minimum atomic E-state index is 0.530. The summed E-state index contributed by atoms with van der Waals surface area (Å²) >= 11 is 4.27. The van der Waals surface area contributed by atoms with Gasteiger partial charge in [0.15, 0.2) is 11.5 Å². The van der Waals surface area contributed by atoms with Crippen LogP contribution in [0.4, 0.5) is 0 Å². The lowest BCUT2D eigenvalue weighted by atomic mass is 10.1. The van der Waals surface area contributed by atoms with E-state index in [1.807, 2.05) is 36.4 Å². The lowest BCUT2D eigenvalue weighted by Crippen LogP contribution is -1.98. The molecule has 0 aromatic heterocycles. The molecule has 0 bridgehead atoms. The molecule has 2 nitrogen and oxygen atoms in total. The number of para-hydroxylation sites is 2. The zero-order valence-electron chi connectivity index (χ0n) is 10.3. The summed E-state index contributed by atoms with van der Waals surface area (Å²) < 4.78 is 11.0. The molecule has 0 atom stereocenters. The molecule has 18 heavy (non-hydrogen) atoms. The van der Waals surface area contributed by atoms with Crippen LogP contribution in [0.25, 0.3) is 0 Å². The second kappa shape index (κ2) is 6.36. The Morgan fingerprint density at radius 3 is 2.39 bits per heavy atom. The maximum absolute atomic E-state index is 5.76. The van der Waals surface area contributed by atoms with Gasteiger partial charge in [-0.1, -0.05) is 36.4 Å². The van der Waals surface area contributed by atoms with E-state index in [0.717, 1.165) is 22.8 Å². The Morgan fingerprint density at radius 2 is 1.67 bits per heavy atom. The highest BCUT2D eigenvalue weighted by Gasteiger charge is 2.03. The number of rotatable bonds is 5. The van der Waals surface area contributed by atoms with Crippen molar-refractivity contribution in [2.24, 2.45) is 0 Å². The lowest BCUT2D eigenvalue weighted by molar-refractivity contribution is 0.284. The van der Waals surface area contributed by atoms with Gasteiger partial charge in [0.25, 0.3) is 0 Å². The van der Waals surface area contributed by atoms with Gasteiger partial charge in [-0.3, -0.25) is 0 Å². The molecule has 0 heterocycles. The van der Waals surface area contributed by atoms with Gasteiger partial charge in [-0.25, -0.2) is 0 Å². The summed E-state index contributed by atoms with van der Waals surface area (Å²) in [6.07, 6.45) is 0. The topological polar surface area (TPSA) is 18.5 Å². The van der Waals surface area contributed by atoms with Gasteiger partial charge in [-0.05, 0) is 23.3 Å². The molecular formula is C15H16O2S. The number of hydrogen-bond donors (Lipinski definition) is 1. The molecule has 0 N–H and O–H groups in total. The van der Waals surface area contributed by atoms with E-state index < -0.39 is 0 Å². The Hall–Kier alpha value is -1.61. The molecule has 94 valence electrons. The maximum atomic E-state index is 5.76. The molecular weight excluding hydrogens is 244 g/mol. The summed E-state index contributed by atoms with van der Waals surface area (Å²) in [5.41, 5.74) is 2.33. The highest BCUT2D eigenvalue weighted by atomic mass is 32.1. The second-order valence-corrected chi connectivity index (χ2v) is 4.23. The van der Waals surface area contributed by atoms with Crippen molar-refractivity contribution in [3.63, 3.8) is 0 Å². The van der Waals surface area contributed by atoms with E-state index in [9.17, 15) is 0 Å². The molecule has 0 aliphatic rings. The Kier molecular flexibility index (Phi) is 4.53. The summed E-state index contributed by atoms with van der Waals surface area (Å²) in [5, 5.41) is 0.